The lowest BCUT2D eigenvalue weighted by Crippen LogP contribution is -2.29. The van der Waals surface area contributed by atoms with Crippen molar-refractivity contribution in [1.82, 2.24) is 4.90 Å². The number of likely N-dealkylation sites (N-methyl/N-ethyl adjacent to an activating group) is 1. The standard InChI is InChI=1S/C15H24BrNO2/c1-3-17(10-11-19-4-2)9-8-15(18)13-6-5-7-14(16)12-13/h5-7,12,15,18H,3-4,8-11H2,1-2H3. The number of hydrogen-bond donors (Lipinski definition) is 1. The zero-order chi connectivity index (χ0) is 14.1. The van der Waals surface area contributed by atoms with Crippen molar-refractivity contribution in [3.8, 4) is 0 Å². The smallest absolute Gasteiger partial charge is 0.0802 e. The Balaban J connectivity index is 2.37. The number of benzene rings is 1. The molecule has 0 fully saturated rings. The fourth-order valence-corrected chi connectivity index (χ4v) is 2.37. The lowest BCUT2D eigenvalue weighted by molar-refractivity contribution is 0.101. The summed E-state index contributed by atoms with van der Waals surface area (Å²) < 4.78 is 6.37. The molecule has 0 spiro atoms. The Kier molecular flexibility index (Phi) is 8.30. The van der Waals surface area contributed by atoms with Crippen LogP contribution in [0.15, 0.2) is 28.7 Å². The van der Waals surface area contributed by atoms with Crippen molar-refractivity contribution >= 4 is 15.9 Å². The van der Waals surface area contributed by atoms with Gasteiger partial charge < -0.3 is 14.7 Å². The van der Waals surface area contributed by atoms with Crippen LogP contribution in [0.3, 0.4) is 0 Å². The minimum absolute atomic E-state index is 0.404. The number of hydrogen-bond acceptors (Lipinski definition) is 3. The van der Waals surface area contributed by atoms with E-state index in [0.717, 1.165) is 49.3 Å². The van der Waals surface area contributed by atoms with E-state index >= 15 is 0 Å². The molecule has 0 saturated heterocycles. The van der Waals surface area contributed by atoms with Crippen molar-refractivity contribution in [2.24, 2.45) is 0 Å². The van der Waals surface area contributed by atoms with Gasteiger partial charge in [-0.15, -0.1) is 0 Å². The Labute approximate surface area is 124 Å². The number of aliphatic hydroxyl groups is 1. The molecule has 1 aromatic rings. The number of nitrogens with zero attached hydrogens (tertiary/aromatic N) is 1. The summed E-state index contributed by atoms with van der Waals surface area (Å²) in [6.07, 6.45) is 0.342. The van der Waals surface area contributed by atoms with Gasteiger partial charge in [0.05, 0.1) is 12.7 Å². The quantitative estimate of drug-likeness (QED) is 0.706. The van der Waals surface area contributed by atoms with E-state index in [4.69, 9.17) is 4.74 Å². The van der Waals surface area contributed by atoms with E-state index in [1.807, 2.05) is 31.2 Å². The van der Waals surface area contributed by atoms with Gasteiger partial charge >= 0.3 is 0 Å². The van der Waals surface area contributed by atoms with Crippen LogP contribution in [-0.2, 0) is 4.74 Å². The summed E-state index contributed by atoms with van der Waals surface area (Å²) in [5.74, 6) is 0. The zero-order valence-corrected chi connectivity index (χ0v) is 13.4. The second-order valence-corrected chi connectivity index (χ2v) is 5.41. The molecular formula is C15H24BrNO2. The Morgan fingerprint density at radius 3 is 2.74 bits per heavy atom. The summed E-state index contributed by atoms with van der Waals surface area (Å²) >= 11 is 3.43. The monoisotopic (exact) mass is 329 g/mol. The molecule has 0 aliphatic heterocycles. The molecule has 0 radical (unpaired) electrons. The molecule has 108 valence electrons. The Bertz CT molecular complexity index is 360. The van der Waals surface area contributed by atoms with Gasteiger partial charge in [-0.25, -0.2) is 0 Å². The van der Waals surface area contributed by atoms with Crippen molar-refractivity contribution < 1.29 is 9.84 Å². The van der Waals surface area contributed by atoms with Crippen LogP contribution in [0.2, 0.25) is 0 Å². The van der Waals surface area contributed by atoms with Gasteiger partial charge in [0.15, 0.2) is 0 Å². The molecule has 0 saturated carbocycles. The second-order valence-electron chi connectivity index (χ2n) is 4.49. The molecular weight excluding hydrogens is 306 g/mol. The van der Waals surface area contributed by atoms with Gasteiger partial charge in [-0.3, -0.25) is 0 Å². The third-order valence-electron chi connectivity index (χ3n) is 3.16. The minimum Gasteiger partial charge on any atom is -0.388 e. The molecule has 1 rings (SSSR count). The first-order chi connectivity index (χ1) is 9.17. The number of aliphatic hydroxyl groups excluding tert-OH is 1. The van der Waals surface area contributed by atoms with Crippen molar-refractivity contribution in [3.63, 3.8) is 0 Å². The van der Waals surface area contributed by atoms with E-state index in [1.165, 1.54) is 0 Å². The van der Waals surface area contributed by atoms with Crippen molar-refractivity contribution in [2.45, 2.75) is 26.4 Å². The number of halogens is 1. The fraction of sp³-hybridized carbons (Fsp3) is 0.600. The van der Waals surface area contributed by atoms with Gasteiger partial charge in [-0.05, 0) is 37.6 Å². The lowest BCUT2D eigenvalue weighted by atomic mass is 10.1. The first-order valence-corrected chi connectivity index (χ1v) is 7.70. The van der Waals surface area contributed by atoms with Crippen LogP contribution in [-0.4, -0.2) is 42.9 Å². The average molecular weight is 330 g/mol. The fourth-order valence-electron chi connectivity index (χ4n) is 1.95. The maximum atomic E-state index is 10.2. The molecule has 0 amide bonds. The Hall–Kier alpha value is -0.420. The lowest BCUT2D eigenvalue weighted by Gasteiger charge is -2.22. The van der Waals surface area contributed by atoms with E-state index < -0.39 is 6.10 Å². The van der Waals surface area contributed by atoms with Gasteiger partial charge in [0.1, 0.15) is 0 Å². The van der Waals surface area contributed by atoms with Crippen LogP contribution < -0.4 is 0 Å². The van der Waals surface area contributed by atoms with Crippen molar-refractivity contribution in [2.75, 3.05) is 32.8 Å². The Morgan fingerprint density at radius 2 is 2.11 bits per heavy atom. The van der Waals surface area contributed by atoms with Crippen LogP contribution in [0.1, 0.15) is 31.9 Å². The molecule has 1 N–H and O–H groups in total. The summed E-state index contributed by atoms with van der Waals surface area (Å²) in [6, 6.07) is 7.86. The predicted octanol–water partition coefficient (Wildman–Crippen LogP) is 3.23. The molecule has 0 aliphatic carbocycles. The number of rotatable bonds is 9. The van der Waals surface area contributed by atoms with Gasteiger partial charge in [-0.1, -0.05) is 35.0 Å². The predicted molar refractivity (Wildman–Crippen MR) is 82.3 cm³/mol. The normalized spacial score (nSPS) is 12.9. The third kappa shape index (κ3) is 6.52. The molecule has 1 atom stereocenters. The molecule has 19 heavy (non-hydrogen) atoms. The molecule has 1 aromatic carbocycles. The average Bonchev–Trinajstić information content (AvgIpc) is 2.42. The van der Waals surface area contributed by atoms with Gasteiger partial charge in [-0.2, -0.15) is 0 Å². The second kappa shape index (κ2) is 9.48. The van der Waals surface area contributed by atoms with Crippen LogP contribution in [0.5, 0.6) is 0 Å². The van der Waals surface area contributed by atoms with E-state index in [-0.39, 0.29) is 0 Å². The van der Waals surface area contributed by atoms with Crippen molar-refractivity contribution in [1.29, 1.82) is 0 Å². The van der Waals surface area contributed by atoms with Crippen LogP contribution >= 0.6 is 15.9 Å². The summed E-state index contributed by atoms with van der Waals surface area (Å²) in [4.78, 5) is 2.30. The molecule has 0 bridgehead atoms. The zero-order valence-electron chi connectivity index (χ0n) is 11.8. The first-order valence-electron chi connectivity index (χ1n) is 6.91. The first kappa shape index (κ1) is 16.6. The molecule has 0 heterocycles. The SMILES string of the molecule is CCOCCN(CC)CCC(O)c1cccc(Br)c1. The van der Waals surface area contributed by atoms with Gasteiger partial charge in [0.25, 0.3) is 0 Å². The highest BCUT2D eigenvalue weighted by Crippen LogP contribution is 2.20. The van der Waals surface area contributed by atoms with Gasteiger partial charge in [0, 0.05) is 24.2 Å². The number of ether oxygens (including phenoxy) is 1. The summed E-state index contributed by atoms with van der Waals surface area (Å²) in [6.45, 7) is 8.46. The van der Waals surface area contributed by atoms with Crippen LogP contribution in [0.25, 0.3) is 0 Å². The molecule has 0 aromatic heterocycles. The van der Waals surface area contributed by atoms with E-state index in [1.54, 1.807) is 0 Å². The van der Waals surface area contributed by atoms with E-state index in [9.17, 15) is 5.11 Å². The van der Waals surface area contributed by atoms with Gasteiger partial charge in [0.2, 0.25) is 0 Å². The van der Waals surface area contributed by atoms with Crippen molar-refractivity contribution in [3.05, 3.63) is 34.3 Å². The topological polar surface area (TPSA) is 32.7 Å². The molecule has 0 aliphatic rings. The highest BCUT2D eigenvalue weighted by atomic mass is 79.9. The highest BCUT2D eigenvalue weighted by molar-refractivity contribution is 9.10. The molecule has 1 unspecified atom stereocenters. The summed E-state index contributed by atoms with van der Waals surface area (Å²) in [7, 11) is 0. The van der Waals surface area contributed by atoms with Crippen LogP contribution in [0, 0.1) is 0 Å². The third-order valence-corrected chi connectivity index (χ3v) is 3.65. The maximum Gasteiger partial charge on any atom is 0.0802 e. The largest absolute Gasteiger partial charge is 0.388 e. The summed E-state index contributed by atoms with van der Waals surface area (Å²) in [5, 5.41) is 10.2. The minimum atomic E-state index is -0.404. The highest BCUT2D eigenvalue weighted by Gasteiger charge is 2.10. The molecule has 4 heteroatoms. The maximum absolute atomic E-state index is 10.2. The van der Waals surface area contributed by atoms with E-state index in [2.05, 4.69) is 27.8 Å². The molecule has 3 nitrogen and oxygen atoms in total. The van der Waals surface area contributed by atoms with E-state index in [0.29, 0.717) is 0 Å². The van der Waals surface area contributed by atoms with Crippen LogP contribution in [0.4, 0.5) is 0 Å². The Morgan fingerprint density at radius 1 is 1.32 bits per heavy atom. The summed E-state index contributed by atoms with van der Waals surface area (Å²) in [5.41, 5.74) is 0.968.